The van der Waals surface area contributed by atoms with Gasteiger partial charge in [-0.2, -0.15) is 0 Å². The van der Waals surface area contributed by atoms with E-state index in [9.17, 15) is 29.4 Å². The van der Waals surface area contributed by atoms with Gasteiger partial charge in [0.2, 0.25) is 0 Å². The zero-order chi connectivity index (χ0) is 15.8. The molecule has 20 heavy (non-hydrogen) atoms. The third kappa shape index (κ3) is 12.1. The molecule has 0 aromatic carbocycles. The van der Waals surface area contributed by atoms with E-state index in [0.717, 1.165) is 0 Å². The summed E-state index contributed by atoms with van der Waals surface area (Å²) in [4.78, 5) is 39.6. The van der Waals surface area contributed by atoms with Crippen molar-refractivity contribution in [1.29, 1.82) is 0 Å². The van der Waals surface area contributed by atoms with Crippen LogP contribution in [0.4, 0.5) is 0 Å². The monoisotopic (exact) mass is 320 g/mol. The van der Waals surface area contributed by atoms with E-state index in [2.05, 4.69) is 0 Å². The van der Waals surface area contributed by atoms with E-state index in [1.165, 1.54) is 6.92 Å². The fourth-order valence-electron chi connectivity index (χ4n) is 0.691. The van der Waals surface area contributed by atoms with Crippen LogP contribution in [-0.2, 0) is 19.2 Å². The summed E-state index contributed by atoms with van der Waals surface area (Å²) in [5, 5.41) is 53.0. The molecule has 0 aliphatic rings. The van der Waals surface area contributed by atoms with Crippen molar-refractivity contribution in [3.63, 3.8) is 0 Å². The van der Waals surface area contributed by atoms with Gasteiger partial charge in [0.25, 0.3) is 0 Å². The number of carbonyl (C=O) groups excluding carboxylic acids is 2. The van der Waals surface area contributed by atoms with Gasteiger partial charge in [0.05, 0.1) is 0 Å². The van der Waals surface area contributed by atoms with Crippen molar-refractivity contribution in [3.8, 4) is 0 Å². The molecule has 0 fully saturated rings. The van der Waals surface area contributed by atoms with Crippen LogP contribution in [-0.4, -0.2) is 93.7 Å². The molecule has 0 saturated heterocycles. The first-order valence-corrected chi connectivity index (χ1v) is 4.68. The molecule has 10 nitrogen and oxygen atoms in total. The normalized spacial score (nSPS) is 11.2. The summed E-state index contributed by atoms with van der Waals surface area (Å²) in [7, 11) is 0. The molecule has 0 amide bonds. The Kier molecular flexibility index (Phi) is 13.0. The fourth-order valence-corrected chi connectivity index (χ4v) is 0.691. The number of carboxylic acid groups (broad SMARTS) is 4. The molecule has 0 aliphatic heterocycles. The van der Waals surface area contributed by atoms with E-state index in [0.29, 0.717) is 0 Å². The van der Waals surface area contributed by atoms with Crippen molar-refractivity contribution in [3.05, 3.63) is 0 Å². The third-order valence-corrected chi connectivity index (χ3v) is 1.63. The van der Waals surface area contributed by atoms with E-state index >= 15 is 0 Å². The van der Waals surface area contributed by atoms with Gasteiger partial charge in [-0.25, -0.2) is 9.59 Å². The molecule has 1 atom stereocenters. The number of aliphatic carboxylic acids is 4. The summed E-state index contributed by atoms with van der Waals surface area (Å²) in [6.07, 6.45) is -3.82. The summed E-state index contributed by atoms with van der Waals surface area (Å²) < 4.78 is 0. The topological polar surface area (TPSA) is 195 Å². The molecule has 0 rings (SSSR count). The molecule has 0 spiro atoms. The maximum Gasteiger partial charge on any atom is 2.00 e. The van der Waals surface area contributed by atoms with E-state index in [-0.39, 0.29) is 37.7 Å². The van der Waals surface area contributed by atoms with Crippen LogP contribution in [0.15, 0.2) is 0 Å². The van der Waals surface area contributed by atoms with Crippen molar-refractivity contribution < 1.29 is 49.8 Å². The SMILES string of the molecule is CC(O)C(=O)O.O=C([O-])CC(O)(CC(=O)[O-])C(=O)O.[Ca+2]. The maximum absolute atomic E-state index is 10.3. The summed E-state index contributed by atoms with van der Waals surface area (Å²) >= 11 is 0. The van der Waals surface area contributed by atoms with Crippen LogP contribution >= 0.6 is 0 Å². The molecule has 0 aliphatic carbocycles. The standard InChI is InChI=1S/C6H8O7.C3H6O3.Ca/c7-3(8)1-6(13,5(11)12)2-4(9)10;1-2(4)3(5)6;/h13H,1-2H2,(H,7,8)(H,9,10)(H,11,12);2,4H,1H3,(H,5,6);/q;;+2/p-2. The van der Waals surface area contributed by atoms with Gasteiger partial charge >= 0.3 is 49.7 Å². The Hall–Kier alpha value is -0.940. The summed E-state index contributed by atoms with van der Waals surface area (Å²) in [5.74, 6) is -6.84. The zero-order valence-corrected chi connectivity index (χ0v) is 12.6. The predicted octanol–water partition coefficient (Wildman–Crippen LogP) is -4.85. The van der Waals surface area contributed by atoms with Crippen LogP contribution in [0.2, 0.25) is 0 Å². The second-order valence-corrected chi connectivity index (χ2v) is 3.45. The maximum atomic E-state index is 10.3. The first-order chi connectivity index (χ1) is 8.42. The van der Waals surface area contributed by atoms with Crippen molar-refractivity contribution >= 4 is 61.6 Å². The number of aliphatic hydroxyl groups is 2. The van der Waals surface area contributed by atoms with Crippen LogP contribution in [0, 0.1) is 0 Å². The Balaban J connectivity index is -0.000000352. The molecule has 0 heterocycles. The molecule has 110 valence electrons. The van der Waals surface area contributed by atoms with Gasteiger partial charge in [-0.15, -0.1) is 0 Å². The van der Waals surface area contributed by atoms with Gasteiger partial charge in [-0.05, 0) is 6.92 Å². The van der Waals surface area contributed by atoms with E-state index in [4.69, 9.17) is 20.4 Å². The molecule has 0 radical (unpaired) electrons. The first kappa shape index (κ1) is 24.1. The Labute approximate surface area is 142 Å². The van der Waals surface area contributed by atoms with E-state index < -0.39 is 48.4 Å². The third-order valence-electron chi connectivity index (χ3n) is 1.63. The Bertz CT molecular complexity index is 348. The Morgan fingerprint density at radius 1 is 1.05 bits per heavy atom. The van der Waals surface area contributed by atoms with Crippen molar-refractivity contribution in [2.75, 3.05) is 0 Å². The van der Waals surface area contributed by atoms with Crippen molar-refractivity contribution in [2.24, 2.45) is 0 Å². The number of carboxylic acids is 4. The minimum atomic E-state index is -2.86. The molecule has 11 heteroatoms. The second-order valence-electron chi connectivity index (χ2n) is 3.45. The summed E-state index contributed by atoms with van der Waals surface area (Å²) in [6.45, 7) is 1.20. The zero-order valence-electron chi connectivity index (χ0n) is 10.4. The summed E-state index contributed by atoms with van der Waals surface area (Å²) in [5.41, 5.74) is -2.86. The van der Waals surface area contributed by atoms with Crippen LogP contribution in [0.5, 0.6) is 0 Å². The smallest absolute Gasteiger partial charge is 0.550 e. The fraction of sp³-hybridized carbons (Fsp3) is 0.556. The number of rotatable bonds is 6. The predicted molar refractivity (Wildman–Crippen MR) is 56.9 cm³/mol. The molecule has 0 saturated carbocycles. The summed E-state index contributed by atoms with van der Waals surface area (Å²) in [6, 6.07) is 0. The number of hydrogen-bond acceptors (Lipinski definition) is 8. The van der Waals surface area contributed by atoms with Gasteiger partial charge in [0, 0.05) is 24.8 Å². The molecule has 0 bridgehead atoms. The van der Waals surface area contributed by atoms with Gasteiger partial charge in [0.15, 0.2) is 5.60 Å². The molecule has 0 aromatic heterocycles. The van der Waals surface area contributed by atoms with Crippen LogP contribution < -0.4 is 10.2 Å². The minimum Gasteiger partial charge on any atom is -0.550 e. The second kappa shape index (κ2) is 10.8. The molecule has 4 N–H and O–H groups in total. The average molecular weight is 320 g/mol. The van der Waals surface area contributed by atoms with E-state index in [1.54, 1.807) is 0 Å². The van der Waals surface area contributed by atoms with Gasteiger partial charge in [-0.1, -0.05) is 0 Å². The van der Waals surface area contributed by atoms with Crippen LogP contribution in [0.3, 0.4) is 0 Å². The van der Waals surface area contributed by atoms with Gasteiger partial charge in [-0.3, -0.25) is 0 Å². The minimum absolute atomic E-state index is 0. The van der Waals surface area contributed by atoms with E-state index in [1.807, 2.05) is 0 Å². The van der Waals surface area contributed by atoms with Crippen LogP contribution in [0.1, 0.15) is 19.8 Å². The van der Waals surface area contributed by atoms with Crippen molar-refractivity contribution in [1.82, 2.24) is 0 Å². The number of carbonyl (C=O) groups is 4. The molecule has 0 aromatic rings. The number of hydrogen-bond donors (Lipinski definition) is 4. The molecular weight excluding hydrogens is 308 g/mol. The molecule has 1 unspecified atom stereocenters. The van der Waals surface area contributed by atoms with Crippen molar-refractivity contribution in [2.45, 2.75) is 31.5 Å². The van der Waals surface area contributed by atoms with Gasteiger partial charge in [0.1, 0.15) is 6.10 Å². The quantitative estimate of drug-likeness (QED) is 0.344. The Morgan fingerprint density at radius 2 is 1.30 bits per heavy atom. The Morgan fingerprint density at radius 3 is 1.40 bits per heavy atom. The molecular formula is C9H12CaO10. The average Bonchev–Trinajstić information content (AvgIpc) is 2.14. The van der Waals surface area contributed by atoms with Crippen LogP contribution in [0.25, 0.3) is 0 Å². The first-order valence-electron chi connectivity index (χ1n) is 4.68. The number of aliphatic hydroxyl groups excluding tert-OH is 1. The van der Waals surface area contributed by atoms with Gasteiger partial charge < -0.3 is 40.2 Å². The largest absolute Gasteiger partial charge is 2.00 e.